The van der Waals surface area contributed by atoms with Crippen molar-refractivity contribution in [1.29, 1.82) is 0 Å². The molecule has 0 unspecified atom stereocenters. The van der Waals surface area contributed by atoms with Crippen molar-refractivity contribution in [2.24, 2.45) is 0 Å². The smallest absolute Gasteiger partial charge is 0.0773 e. The zero-order chi connectivity index (χ0) is 8.59. The Hall–Kier alpha value is 0.180. The molecular weight excluding hydrogens is 230 g/mol. The third-order valence-electron chi connectivity index (χ3n) is 1.07. The molecule has 0 saturated heterocycles. The third-order valence-corrected chi connectivity index (χ3v) is 2.60. The summed E-state index contributed by atoms with van der Waals surface area (Å²) >= 11 is 22.0. The van der Waals surface area contributed by atoms with Crippen LogP contribution in [0.2, 0.25) is 20.1 Å². The van der Waals surface area contributed by atoms with Gasteiger partial charge in [-0.25, -0.2) is 0 Å². The van der Waals surface area contributed by atoms with E-state index in [0.29, 0.717) is 0 Å². The Morgan fingerprint density at radius 1 is 0.909 bits per heavy atom. The van der Waals surface area contributed by atoms with Gasteiger partial charge in [0.1, 0.15) is 0 Å². The van der Waals surface area contributed by atoms with E-state index in [9.17, 15) is 5.11 Å². The summed E-state index contributed by atoms with van der Waals surface area (Å²) < 4.78 is 0. The van der Waals surface area contributed by atoms with Crippen molar-refractivity contribution in [3.8, 4) is 5.75 Å². The van der Waals surface area contributed by atoms with Crippen molar-refractivity contribution in [2.45, 2.75) is 0 Å². The summed E-state index contributed by atoms with van der Waals surface area (Å²) in [6, 6.07) is 1.26. The first-order valence-electron chi connectivity index (χ1n) is 2.54. The van der Waals surface area contributed by atoms with Gasteiger partial charge in [-0.3, -0.25) is 0 Å². The second-order valence-electron chi connectivity index (χ2n) is 1.80. The Morgan fingerprint density at radius 3 is 2.00 bits per heavy atom. The Kier molecular flexibility index (Phi) is 2.76. The first-order valence-corrected chi connectivity index (χ1v) is 4.05. The fraction of sp³-hybridized carbons (Fsp3) is 0. The van der Waals surface area contributed by atoms with Crippen molar-refractivity contribution >= 4 is 46.4 Å². The quantitative estimate of drug-likeness (QED) is 0.495. The molecule has 0 saturated carbocycles. The number of halogens is 4. The molecule has 0 amide bonds. The number of hydrogen-bond donors (Lipinski definition) is 0. The molecule has 60 valence electrons. The van der Waals surface area contributed by atoms with Crippen LogP contribution in [0.1, 0.15) is 0 Å². The summed E-state index contributed by atoms with van der Waals surface area (Å²) in [5.74, 6) is -0.497. The predicted molar refractivity (Wildman–Crippen MR) is 45.9 cm³/mol. The van der Waals surface area contributed by atoms with E-state index in [-0.39, 0.29) is 20.1 Å². The first-order chi connectivity index (χ1) is 5.04. The van der Waals surface area contributed by atoms with Gasteiger partial charge in [-0.15, -0.1) is 0 Å². The van der Waals surface area contributed by atoms with Gasteiger partial charge in [-0.1, -0.05) is 52.2 Å². The minimum atomic E-state index is -0.497. The van der Waals surface area contributed by atoms with Crippen LogP contribution in [-0.2, 0) is 0 Å². The second kappa shape index (κ2) is 3.28. The third kappa shape index (κ3) is 1.67. The zero-order valence-corrected chi connectivity index (χ0v) is 8.02. The molecule has 1 nitrogen and oxygen atoms in total. The molecule has 0 spiro atoms. The van der Waals surface area contributed by atoms with Gasteiger partial charge >= 0.3 is 0 Å². The van der Waals surface area contributed by atoms with Gasteiger partial charge in [-0.2, -0.15) is 0 Å². The van der Waals surface area contributed by atoms with Crippen LogP contribution in [0.15, 0.2) is 6.07 Å². The molecule has 11 heavy (non-hydrogen) atoms. The van der Waals surface area contributed by atoms with Crippen LogP contribution in [-0.4, -0.2) is 0 Å². The van der Waals surface area contributed by atoms with Crippen LogP contribution < -0.4 is 5.11 Å². The standard InChI is InChI=1S/C6H2Cl4O/c7-2-1-3(8)6(11)5(10)4(2)9/h1,11H/p-1. The average Bonchev–Trinajstić information content (AvgIpc) is 1.97. The van der Waals surface area contributed by atoms with Crippen LogP contribution in [0.3, 0.4) is 0 Å². The lowest BCUT2D eigenvalue weighted by Crippen LogP contribution is -1.92. The van der Waals surface area contributed by atoms with E-state index in [1.165, 1.54) is 6.07 Å². The van der Waals surface area contributed by atoms with Crippen molar-refractivity contribution in [2.75, 3.05) is 0 Å². The molecule has 0 aromatic heterocycles. The fourth-order valence-electron chi connectivity index (χ4n) is 0.550. The highest BCUT2D eigenvalue weighted by Crippen LogP contribution is 2.39. The SMILES string of the molecule is [O-]c1c(Cl)cc(Cl)c(Cl)c1Cl. The maximum absolute atomic E-state index is 10.9. The van der Waals surface area contributed by atoms with Crippen LogP contribution in [0.25, 0.3) is 0 Å². The van der Waals surface area contributed by atoms with Crippen LogP contribution in [0.5, 0.6) is 5.75 Å². The van der Waals surface area contributed by atoms with Crippen molar-refractivity contribution in [3.05, 3.63) is 26.2 Å². The van der Waals surface area contributed by atoms with E-state index >= 15 is 0 Å². The summed E-state index contributed by atoms with van der Waals surface area (Å²) in [4.78, 5) is 0. The summed E-state index contributed by atoms with van der Waals surface area (Å²) in [7, 11) is 0. The number of hydrogen-bond acceptors (Lipinski definition) is 1. The van der Waals surface area contributed by atoms with Gasteiger partial charge in [-0.05, 0) is 6.07 Å². The van der Waals surface area contributed by atoms with E-state index in [4.69, 9.17) is 46.4 Å². The summed E-state index contributed by atoms with van der Waals surface area (Å²) in [5.41, 5.74) is 0. The Morgan fingerprint density at radius 2 is 1.45 bits per heavy atom. The molecular formula is C6HCl4O-. The molecule has 0 atom stereocenters. The average molecular weight is 231 g/mol. The minimum Gasteiger partial charge on any atom is -0.870 e. The van der Waals surface area contributed by atoms with Gasteiger partial charge in [0.05, 0.1) is 15.1 Å². The zero-order valence-electron chi connectivity index (χ0n) is 5.00. The van der Waals surface area contributed by atoms with Gasteiger partial charge in [0, 0.05) is 5.02 Å². The molecule has 0 aliphatic heterocycles. The molecule has 0 radical (unpaired) electrons. The normalized spacial score (nSPS) is 10.2. The summed E-state index contributed by atoms with van der Waals surface area (Å²) in [5, 5.41) is 11.0. The van der Waals surface area contributed by atoms with Crippen molar-refractivity contribution in [3.63, 3.8) is 0 Å². The molecule has 1 aromatic carbocycles. The van der Waals surface area contributed by atoms with E-state index in [2.05, 4.69) is 0 Å². The molecule has 0 heterocycles. The van der Waals surface area contributed by atoms with Crippen LogP contribution >= 0.6 is 46.4 Å². The first kappa shape index (κ1) is 9.27. The minimum absolute atomic E-state index is 0.0237. The van der Waals surface area contributed by atoms with E-state index in [1.54, 1.807) is 0 Å². The molecule has 1 rings (SSSR count). The molecule has 0 aliphatic carbocycles. The largest absolute Gasteiger partial charge is 0.870 e. The Balaban J connectivity index is 3.46. The number of benzene rings is 1. The van der Waals surface area contributed by atoms with Crippen molar-refractivity contribution in [1.82, 2.24) is 0 Å². The Bertz CT molecular complexity index is 271. The van der Waals surface area contributed by atoms with E-state index < -0.39 is 5.75 Å². The lowest BCUT2D eigenvalue weighted by Gasteiger charge is -2.12. The van der Waals surface area contributed by atoms with E-state index in [1.807, 2.05) is 0 Å². The monoisotopic (exact) mass is 229 g/mol. The van der Waals surface area contributed by atoms with Crippen LogP contribution in [0.4, 0.5) is 0 Å². The maximum Gasteiger partial charge on any atom is 0.0773 e. The molecule has 0 fully saturated rings. The molecule has 0 bridgehead atoms. The summed E-state index contributed by atoms with van der Waals surface area (Å²) in [6.45, 7) is 0. The van der Waals surface area contributed by atoms with Gasteiger partial charge in [0.2, 0.25) is 0 Å². The topological polar surface area (TPSA) is 23.1 Å². The number of rotatable bonds is 0. The summed E-state index contributed by atoms with van der Waals surface area (Å²) in [6.07, 6.45) is 0. The fourth-order valence-corrected chi connectivity index (χ4v) is 1.45. The second-order valence-corrected chi connectivity index (χ2v) is 3.37. The highest BCUT2D eigenvalue weighted by molar-refractivity contribution is 6.50. The van der Waals surface area contributed by atoms with Crippen LogP contribution in [0, 0.1) is 0 Å². The van der Waals surface area contributed by atoms with Gasteiger partial charge < -0.3 is 5.11 Å². The highest BCUT2D eigenvalue weighted by atomic mass is 35.5. The molecule has 0 aliphatic rings. The lowest BCUT2D eigenvalue weighted by molar-refractivity contribution is -0.267. The van der Waals surface area contributed by atoms with E-state index in [0.717, 1.165) is 0 Å². The maximum atomic E-state index is 10.9. The Labute approximate surface area is 83.4 Å². The molecule has 1 aromatic rings. The van der Waals surface area contributed by atoms with Crippen molar-refractivity contribution < 1.29 is 5.11 Å². The van der Waals surface area contributed by atoms with Gasteiger partial charge in [0.25, 0.3) is 0 Å². The highest BCUT2D eigenvalue weighted by Gasteiger charge is 2.06. The molecule has 5 heteroatoms. The predicted octanol–water partition coefficient (Wildman–Crippen LogP) is 3.37. The van der Waals surface area contributed by atoms with Gasteiger partial charge in [0.15, 0.2) is 0 Å². The molecule has 0 N–H and O–H groups in total. The lowest BCUT2D eigenvalue weighted by atomic mass is 10.3.